The minimum Gasteiger partial charge on any atom is -0.406 e. The van der Waals surface area contributed by atoms with Crippen LogP contribution in [0.3, 0.4) is 0 Å². The van der Waals surface area contributed by atoms with Gasteiger partial charge in [-0.2, -0.15) is 21.0 Å². The molecule has 3 aliphatic rings. The molecular weight excluding hydrogens is 715 g/mol. The summed E-state index contributed by atoms with van der Waals surface area (Å²) in [5.41, 5.74) is 8.22. The summed E-state index contributed by atoms with van der Waals surface area (Å²) < 4.78 is 84.4. The van der Waals surface area contributed by atoms with Gasteiger partial charge in [0.25, 0.3) is 0 Å². The summed E-state index contributed by atoms with van der Waals surface area (Å²) in [6.07, 6.45) is -5.34. The molecule has 6 nitrogen and oxygen atoms in total. The lowest BCUT2D eigenvalue weighted by Gasteiger charge is -2.24. The summed E-state index contributed by atoms with van der Waals surface area (Å²) in [5, 5.41) is 38.1. The van der Waals surface area contributed by atoms with E-state index in [0.717, 1.165) is 50.7 Å². The fourth-order valence-corrected chi connectivity index (χ4v) is 8.15. The van der Waals surface area contributed by atoms with E-state index in [-0.39, 0.29) is 23.0 Å². The fraction of sp³-hybridized carbons (Fsp3) is 0.150. The van der Waals surface area contributed by atoms with E-state index in [1.807, 2.05) is 54.6 Å². The van der Waals surface area contributed by atoms with Crippen molar-refractivity contribution < 1.29 is 35.8 Å². The predicted molar refractivity (Wildman–Crippen MR) is 183 cm³/mol. The number of fused-ring (bicyclic) bond motifs is 5. The van der Waals surface area contributed by atoms with Crippen molar-refractivity contribution in [2.45, 2.75) is 35.6 Å². The minimum absolute atomic E-state index is 0.152. The molecule has 0 spiro atoms. The molecule has 0 bridgehead atoms. The molecule has 0 heterocycles. The van der Waals surface area contributed by atoms with Crippen LogP contribution >= 0.6 is 11.8 Å². The van der Waals surface area contributed by atoms with E-state index in [2.05, 4.69) is 9.47 Å². The first-order valence-electron chi connectivity index (χ1n) is 15.8. The number of benzene rings is 4. The molecule has 4 aromatic carbocycles. The standard InChI is InChI=1S/C40H20F6N4O2S/c41-39(42,43)51-26-7-1-21(2-8-26)23-5-11-29-31-15-32-30-12-6-24(22-3-9-27(10-4-22)52-40(44,45)46)14-35(30)38(53-28(19-49)20-50)36(32)16-34(31)37(33(29)13-23)25(17-47)18-48/h1-13,15-16,24,28,38H,14H2. The highest BCUT2D eigenvalue weighted by Gasteiger charge is 2.39. The minimum atomic E-state index is -4.84. The van der Waals surface area contributed by atoms with Gasteiger partial charge in [-0.15, -0.1) is 38.1 Å². The van der Waals surface area contributed by atoms with Gasteiger partial charge in [0.05, 0.1) is 17.4 Å². The molecule has 7 rings (SSSR count). The van der Waals surface area contributed by atoms with Gasteiger partial charge in [-0.3, -0.25) is 0 Å². The lowest BCUT2D eigenvalue weighted by Crippen LogP contribution is -2.17. The van der Waals surface area contributed by atoms with Crippen molar-refractivity contribution in [1.29, 1.82) is 21.0 Å². The van der Waals surface area contributed by atoms with Crippen molar-refractivity contribution in [3.8, 4) is 58.0 Å². The van der Waals surface area contributed by atoms with Gasteiger partial charge in [-0.05, 0) is 110 Å². The third kappa shape index (κ3) is 6.71. The Labute approximate surface area is 302 Å². The molecule has 3 aliphatic carbocycles. The molecule has 13 heteroatoms. The van der Waals surface area contributed by atoms with Gasteiger partial charge in [-0.25, -0.2) is 0 Å². The largest absolute Gasteiger partial charge is 0.573 e. The van der Waals surface area contributed by atoms with Crippen LogP contribution in [0.15, 0.2) is 102 Å². The summed E-state index contributed by atoms with van der Waals surface area (Å²) >= 11 is 1.16. The molecule has 2 unspecified atom stereocenters. The number of nitriles is 4. The number of nitrogens with zero attached hydrogens (tertiary/aromatic N) is 4. The Morgan fingerprint density at radius 1 is 0.679 bits per heavy atom. The highest BCUT2D eigenvalue weighted by atomic mass is 32.2. The number of ether oxygens (including phenoxy) is 2. The average molecular weight is 735 g/mol. The van der Waals surface area contributed by atoms with E-state index in [1.165, 1.54) is 36.4 Å². The molecule has 2 atom stereocenters. The molecule has 4 aromatic rings. The molecule has 0 N–H and O–H groups in total. The number of rotatable bonds is 6. The number of halogens is 6. The zero-order chi connectivity index (χ0) is 37.7. The number of thioether (sulfide) groups is 1. The molecule has 0 aliphatic heterocycles. The summed E-state index contributed by atoms with van der Waals surface area (Å²) in [5.74, 6) is -0.955. The summed E-state index contributed by atoms with van der Waals surface area (Å²) in [4.78, 5) is 0. The smallest absolute Gasteiger partial charge is 0.406 e. The van der Waals surface area contributed by atoms with Gasteiger partial charge in [0, 0.05) is 11.5 Å². The van der Waals surface area contributed by atoms with Crippen LogP contribution in [0, 0.1) is 45.3 Å². The van der Waals surface area contributed by atoms with Crippen LogP contribution in [0.2, 0.25) is 0 Å². The first kappa shape index (κ1) is 35.0. The van der Waals surface area contributed by atoms with E-state index in [9.17, 15) is 47.4 Å². The quantitative estimate of drug-likeness (QED) is 0.126. The Balaban J connectivity index is 1.30. The van der Waals surface area contributed by atoms with Crippen molar-refractivity contribution >= 4 is 22.9 Å². The SMILES string of the molecule is N#CC(C#N)=C1c2cc(-c3ccc(OC(F)(F)F)cc3)ccc2-c2cc3c(cc21)C(SC(C#N)C#N)C1=C3C=CC(c2ccc(OC(F)(F)F)cc2)C1. The topological polar surface area (TPSA) is 114 Å². The van der Waals surface area contributed by atoms with Gasteiger partial charge in [0.15, 0.2) is 5.25 Å². The van der Waals surface area contributed by atoms with Gasteiger partial charge >= 0.3 is 12.7 Å². The Morgan fingerprint density at radius 3 is 1.85 bits per heavy atom. The maximum absolute atomic E-state index is 12.7. The van der Waals surface area contributed by atoms with Crippen LogP contribution in [0.25, 0.3) is 33.4 Å². The normalized spacial score (nSPS) is 16.8. The number of hydrogen-bond acceptors (Lipinski definition) is 7. The van der Waals surface area contributed by atoms with Gasteiger partial charge in [0.2, 0.25) is 0 Å². The molecule has 0 aromatic heterocycles. The van der Waals surface area contributed by atoms with Gasteiger partial charge < -0.3 is 9.47 Å². The third-order valence-electron chi connectivity index (χ3n) is 9.15. The zero-order valence-corrected chi connectivity index (χ0v) is 27.7. The van der Waals surface area contributed by atoms with Crippen molar-refractivity contribution in [3.05, 3.63) is 130 Å². The Kier molecular flexibility index (Phi) is 8.78. The monoisotopic (exact) mass is 734 g/mol. The lowest BCUT2D eigenvalue weighted by molar-refractivity contribution is -0.275. The summed E-state index contributed by atoms with van der Waals surface area (Å²) in [6.45, 7) is 0. The van der Waals surface area contributed by atoms with Gasteiger partial charge in [-0.1, -0.05) is 48.6 Å². The third-order valence-corrected chi connectivity index (χ3v) is 10.4. The maximum Gasteiger partial charge on any atom is 0.573 e. The Bertz CT molecular complexity index is 2410. The van der Waals surface area contributed by atoms with Crippen LogP contribution < -0.4 is 9.47 Å². The predicted octanol–water partition coefficient (Wildman–Crippen LogP) is 10.7. The van der Waals surface area contributed by atoms with Crippen LogP contribution in [0.5, 0.6) is 11.5 Å². The highest BCUT2D eigenvalue weighted by molar-refractivity contribution is 8.00. The highest BCUT2D eigenvalue weighted by Crippen LogP contribution is 2.58. The van der Waals surface area contributed by atoms with Crippen LogP contribution in [-0.4, -0.2) is 18.0 Å². The molecule has 260 valence electrons. The maximum atomic E-state index is 12.7. The lowest BCUT2D eigenvalue weighted by atomic mass is 9.85. The van der Waals surface area contributed by atoms with Crippen LogP contribution in [-0.2, 0) is 0 Å². The van der Waals surface area contributed by atoms with Crippen molar-refractivity contribution in [3.63, 3.8) is 0 Å². The molecule has 0 saturated carbocycles. The number of hydrogen-bond donors (Lipinski definition) is 0. The van der Waals surface area contributed by atoms with E-state index in [0.29, 0.717) is 34.2 Å². The second-order valence-electron chi connectivity index (χ2n) is 12.2. The van der Waals surface area contributed by atoms with Gasteiger partial charge in [0.1, 0.15) is 29.2 Å². The van der Waals surface area contributed by atoms with Crippen molar-refractivity contribution in [1.82, 2.24) is 0 Å². The number of alkyl halides is 6. The fourth-order valence-electron chi connectivity index (χ4n) is 7.02. The van der Waals surface area contributed by atoms with E-state index in [4.69, 9.17) is 0 Å². The first-order valence-corrected chi connectivity index (χ1v) is 16.7. The second-order valence-corrected chi connectivity index (χ2v) is 13.4. The first-order chi connectivity index (χ1) is 25.3. The van der Waals surface area contributed by atoms with Crippen molar-refractivity contribution in [2.24, 2.45) is 0 Å². The molecule has 0 radical (unpaired) electrons. The van der Waals surface area contributed by atoms with Crippen LogP contribution in [0.4, 0.5) is 26.3 Å². The Hall–Kier alpha value is -6.41. The summed E-state index contributed by atoms with van der Waals surface area (Å²) in [6, 6.07) is 28.2. The molecule has 0 fully saturated rings. The van der Waals surface area contributed by atoms with E-state index < -0.39 is 23.2 Å². The number of allylic oxidation sites excluding steroid dienone is 4. The molecule has 53 heavy (non-hydrogen) atoms. The van der Waals surface area contributed by atoms with Crippen molar-refractivity contribution in [2.75, 3.05) is 0 Å². The molecule has 0 saturated heterocycles. The molecule has 0 amide bonds. The van der Waals surface area contributed by atoms with Crippen LogP contribution in [0.1, 0.15) is 45.4 Å². The summed E-state index contributed by atoms with van der Waals surface area (Å²) in [7, 11) is 0. The Morgan fingerprint density at radius 2 is 1.26 bits per heavy atom. The van der Waals surface area contributed by atoms with E-state index >= 15 is 0 Å². The zero-order valence-electron chi connectivity index (χ0n) is 26.9. The molecular formula is C40H20F6N4O2S. The van der Waals surface area contributed by atoms with E-state index in [1.54, 1.807) is 24.3 Å². The average Bonchev–Trinajstić information content (AvgIpc) is 3.60. The second kappa shape index (κ2) is 13.3.